The summed E-state index contributed by atoms with van der Waals surface area (Å²) in [7, 11) is 0. The number of allylic oxidation sites excluding steroid dienone is 2. The zero-order chi connectivity index (χ0) is 8.16. The van der Waals surface area contributed by atoms with E-state index in [1.165, 1.54) is 19.3 Å². The molecule has 0 radical (unpaired) electrons. The van der Waals surface area contributed by atoms with E-state index in [9.17, 15) is 0 Å². The molecule has 0 N–H and O–H groups in total. The molecular formula is C10H15N. The molecule has 1 rings (SSSR count). The van der Waals surface area contributed by atoms with E-state index < -0.39 is 0 Å². The molecule has 0 atom stereocenters. The van der Waals surface area contributed by atoms with E-state index in [1.54, 1.807) is 0 Å². The third-order valence-corrected chi connectivity index (χ3v) is 2.45. The first-order valence-corrected chi connectivity index (χ1v) is 4.38. The summed E-state index contributed by atoms with van der Waals surface area (Å²) in [5.74, 6) is 0. The Bertz CT molecular complexity index is 180. The van der Waals surface area contributed by atoms with Crippen molar-refractivity contribution in [2.45, 2.75) is 39.0 Å². The van der Waals surface area contributed by atoms with E-state index in [1.807, 2.05) is 13.0 Å². The highest BCUT2D eigenvalue weighted by molar-refractivity contribution is 5.12. The summed E-state index contributed by atoms with van der Waals surface area (Å²) in [6.07, 6.45) is 9.96. The standard InChI is InChI=1S/C10H15N/c1-2-6-10(9-11)7-4-3-5-8-10/h2,6H,3-5,7-8H2,1H3/b6-2+. The van der Waals surface area contributed by atoms with Crippen molar-refractivity contribution in [3.8, 4) is 6.07 Å². The third kappa shape index (κ3) is 1.83. The lowest BCUT2D eigenvalue weighted by atomic mass is 9.75. The minimum absolute atomic E-state index is 0.104. The maximum atomic E-state index is 8.97. The van der Waals surface area contributed by atoms with Crippen LogP contribution in [0, 0.1) is 16.7 Å². The molecule has 60 valence electrons. The van der Waals surface area contributed by atoms with Crippen LogP contribution in [0.2, 0.25) is 0 Å². The molecule has 0 aromatic heterocycles. The van der Waals surface area contributed by atoms with E-state index in [-0.39, 0.29) is 5.41 Å². The minimum Gasteiger partial charge on any atom is -0.197 e. The molecule has 1 saturated carbocycles. The Balaban J connectivity index is 2.66. The van der Waals surface area contributed by atoms with E-state index in [0.29, 0.717) is 0 Å². The molecule has 0 aromatic carbocycles. The molecule has 1 aliphatic carbocycles. The van der Waals surface area contributed by atoms with Gasteiger partial charge in [-0.05, 0) is 19.8 Å². The monoisotopic (exact) mass is 149 g/mol. The van der Waals surface area contributed by atoms with Gasteiger partial charge >= 0.3 is 0 Å². The van der Waals surface area contributed by atoms with Crippen LogP contribution in [0.15, 0.2) is 12.2 Å². The molecule has 0 aromatic rings. The highest BCUT2D eigenvalue weighted by atomic mass is 14.4. The molecule has 1 aliphatic rings. The summed E-state index contributed by atoms with van der Waals surface area (Å²) in [5.41, 5.74) is -0.104. The smallest absolute Gasteiger partial charge is 0.0753 e. The SMILES string of the molecule is C/C=C/C1(C#N)CCCCC1. The van der Waals surface area contributed by atoms with Crippen LogP contribution < -0.4 is 0 Å². The molecule has 0 aliphatic heterocycles. The van der Waals surface area contributed by atoms with Crippen LogP contribution >= 0.6 is 0 Å². The van der Waals surface area contributed by atoms with Crippen molar-refractivity contribution in [3.05, 3.63) is 12.2 Å². The number of rotatable bonds is 1. The maximum Gasteiger partial charge on any atom is 0.0753 e. The molecule has 0 heterocycles. The zero-order valence-corrected chi connectivity index (χ0v) is 7.14. The molecule has 0 amide bonds. The molecule has 11 heavy (non-hydrogen) atoms. The van der Waals surface area contributed by atoms with Crippen molar-refractivity contribution in [2.24, 2.45) is 5.41 Å². The Morgan fingerprint density at radius 3 is 2.36 bits per heavy atom. The second-order valence-corrected chi connectivity index (χ2v) is 3.33. The average molecular weight is 149 g/mol. The van der Waals surface area contributed by atoms with Crippen molar-refractivity contribution >= 4 is 0 Å². The lowest BCUT2D eigenvalue weighted by molar-refractivity contribution is 0.335. The van der Waals surface area contributed by atoms with Gasteiger partial charge in [0.15, 0.2) is 0 Å². The first-order chi connectivity index (χ1) is 5.33. The molecule has 1 nitrogen and oxygen atoms in total. The van der Waals surface area contributed by atoms with Crippen LogP contribution in [-0.4, -0.2) is 0 Å². The van der Waals surface area contributed by atoms with E-state index in [2.05, 4.69) is 12.1 Å². The van der Waals surface area contributed by atoms with Gasteiger partial charge in [0.2, 0.25) is 0 Å². The lowest BCUT2D eigenvalue weighted by Crippen LogP contribution is -2.18. The number of hydrogen-bond acceptors (Lipinski definition) is 1. The van der Waals surface area contributed by atoms with Gasteiger partial charge < -0.3 is 0 Å². The predicted octanol–water partition coefficient (Wildman–Crippen LogP) is 3.04. The van der Waals surface area contributed by atoms with Gasteiger partial charge in [-0.15, -0.1) is 0 Å². The number of nitrogens with zero attached hydrogens (tertiary/aromatic N) is 1. The Morgan fingerprint density at radius 1 is 1.27 bits per heavy atom. The van der Waals surface area contributed by atoms with Crippen LogP contribution in [0.25, 0.3) is 0 Å². The minimum atomic E-state index is -0.104. The Kier molecular flexibility index (Phi) is 2.70. The van der Waals surface area contributed by atoms with Crippen LogP contribution in [-0.2, 0) is 0 Å². The van der Waals surface area contributed by atoms with Crippen LogP contribution in [0.1, 0.15) is 39.0 Å². The van der Waals surface area contributed by atoms with E-state index in [0.717, 1.165) is 12.8 Å². The van der Waals surface area contributed by atoms with Gasteiger partial charge in [-0.25, -0.2) is 0 Å². The summed E-state index contributed by atoms with van der Waals surface area (Å²) in [6.45, 7) is 1.99. The second-order valence-electron chi connectivity index (χ2n) is 3.33. The van der Waals surface area contributed by atoms with Gasteiger partial charge in [0.1, 0.15) is 0 Å². The molecule has 0 bridgehead atoms. The molecule has 0 saturated heterocycles. The van der Waals surface area contributed by atoms with Gasteiger partial charge in [-0.2, -0.15) is 5.26 Å². The fourth-order valence-electron chi connectivity index (χ4n) is 1.82. The van der Waals surface area contributed by atoms with Crippen molar-refractivity contribution in [3.63, 3.8) is 0 Å². The normalized spacial score (nSPS) is 23.3. The molecular weight excluding hydrogens is 134 g/mol. The summed E-state index contributed by atoms with van der Waals surface area (Å²) < 4.78 is 0. The van der Waals surface area contributed by atoms with Crippen molar-refractivity contribution < 1.29 is 0 Å². The predicted molar refractivity (Wildman–Crippen MR) is 45.9 cm³/mol. The molecule has 1 fully saturated rings. The van der Waals surface area contributed by atoms with Crippen LogP contribution in [0.5, 0.6) is 0 Å². The summed E-state index contributed by atoms with van der Waals surface area (Å²) in [4.78, 5) is 0. The number of nitriles is 1. The molecule has 1 heteroatoms. The lowest BCUT2D eigenvalue weighted by Gasteiger charge is -2.26. The first-order valence-electron chi connectivity index (χ1n) is 4.38. The van der Waals surface area contributed by atoms with Gasteiger partial charge in [0, 0.05) is 0 Å². The highest BCUT2D eigenvalue weighted by Crippen LogP contribution is 2.36. The van der Waals surface area contributed by atoms with Crippen molar-refractivity contribution in [2.75, 3.05) is 0 Å². The van der Waals surface area contributed by atoms with Crippen LogP contribution in [0.3, 0.4) is 0 Å². The zero-order valence-electron chi connectivity index (χ0n) is 7.14. The third-order valence-electron chi connectivity index (χ3n) is 2.45. The molecule has 0 unspecified atom stereocenters. The molecule has 0 spiro atoms. The van der Waals surface area contributed by atoms with E-state index in [4.69, 9.17) is 5.26 Å². The van der Waals surface area contributed by atoms with Gasteiger partial charge in [-0.3, -0.25) is 0 Å². The van der Waals surface area contributed by atoms with Crippen molar-refractivity contribution in [1.29, 1.82) is 5.26 Å². The van der Waals surface area contributed by atoms with E-state index >= 15 is 0 Å². The fraction of sp³-hybridized carbons (Fsp3) is 0.700. The largest absolute Gasteiger partial charge is 0.197 e. The van der Waals surface area contributed by atoms with Crippen LogP contribution in [0.4, 0.5) is 0 Å². The van der Waals surface area contributed by atoms with Gasteiger partial charge in [0.05, 0.1) is 11.5 Å². The maximum absolute atomic E-state index is 8.97. The van der Waals surface area contributed by atoms with Gasteiger partial charge in [0.25, 0.3) is 0 Å². The fourth-order valence-corrected chi connectivity index (χ4v) is 1.82. The topological polar surface area (TPSA) is 23.8 Å². The summed E-state index contributed by atoms with van der Waals surface area (Å²) in [5, 5.41) is 8.97. The Hall–Kier alpha value is -0.770. The second kappa shape index (κ2) is 3.57. The summed E-state index contributed by atoms with van der Waals surface area (Å²) >= 11 is 0. The summed E-state index contributed by atoms with van der Waals surface area (Å²) in [6, 6.07) is 2.43. The number of hydrogen-bond donors (Lipinski definition) is 0. The average Bonchev–Trinajstić information content (AvgIpc) is 2.07. The quantitative estimate of drug-likeness (QED) is 0.526. The first kappa shape index (κ1) is 8.33. The Morgan fingerprint density at radius 2 is 1.91 bits per heavy atom. The Labute approximate surface area is 68.7 Å². The van der Waals surface area contributed by atoms with Gasteiger partial charge in [-0.1, -0.05) is 31.4 Å². The van der Waals surface area contributed by atoms with Crippen molar-refractivity contribution in [1.82, 2.24) is 0 Å². The highest BCUT2D eigenvalue weighted by Gasteiger charge is 2.28.